The number of aliphatic imine (C=N–C) groups is 1. The number of halogens is 2. The molecule has 0 atom stereocenters. The summed E-state index contributed by atoms with van der Waals surface area (Å²) in [4.78, 5) is 6.00. The first-order chi connectivity index (χ1) is 13.6. The van der Waals surface area contributed by atoms with Crippen LogP contribution in [0.25, 0.3) is 0 Å². The van der Waals surface area contributed by atoms with Gasteiger partial charge in [-0.1, -0.05) is 76.9 Å². The van der Waals surface area contributed by atoms with Crippen LogP contribution >= 0.6 is 46.7 Å². The Balaban J connectivity index is 1.76. The molecule has 1 nitrogen and oxygen atoms in total. The van der Waals surface area contributed by atoms with Crippen LogP contribution in [0.5, 0.6) is 0 Å². The third-order valence-corrected chi connectivity index (χ3v) is 6.20. The summed E-state index contributed by atoms with van der Waals surface area (Å²) in [6.07, 6.45) is 2.05. The van der Waals surface area contributed by atoms with E-state index < -0.39 is 0 Å². The zero-order valence-electron chi connectivity index (χ0n) is 15.3. The molecule has 0 heterocycles. The lowest BCUT2D eigenvalue weighted by Gasteiger charge is -2.06. The number of hydrogen-bond donors (Lipinski definition) is 0. The minimum atomic E-state index is 0.645. The van der Waals surface area contributed by atoms with Crippen LogP contribution in [0.4, 0.5) is 5.69 Å². The monoisotopic (exact) mass is 443 g/mol. The van der Waals surface area contributed by atoms with E-state index in [1.54, 1.807) is 29.6 Å². The highest BCUT2D eigenvalue weighted by atomic mass is 35.5. The average Bonchev–Trinajstić information content (AvgIpc) is 2.69. The van der Waals surface area contributed by atoms with E-state index >= 15 is 0 Å². The van der Waals surface area contributed by atoms with Gasteiger partial charge in [0.15, 0.2) is 0 Å². The molecule has 0 amide bonds. The molecular weight excluding hydrogens is 425 g/mol. The number of hydrogen-bond acceptors (Lipinski definition) is 3. The smallest absolute Gasteiger partial charge is 0.0975 e. The summed E-state index contributed by atoms with van der Waals surface area (Å²) in [5.41, 5.74) is 3.19. The summed E-state index contributed by atoms with van der Waals surface area (Å²) in [5, 5.41) is 4.32. The molecule has 5 heteroatoms. The predicted octanol–water partition coefficient (Wildman–Crippen LogP) is 8.57. The Morgan fingerprint density at radius 2 is 1.71 bits per heavy atom. The molecule has 0 saturated heterocycles. The first-order valence-electron chi connectivity index (χ1n) is 8.70. The van der Waals surface area contributed by atoms with E-state index in [-0.39, 0.29) is 0 Å². The van der Waals surface area contributed by atoms with E-state index in [4.69, 9.17) is 28.2 Å². The quantitative estimate of drug-likeness (QED) is 0.214. The first-order valence-corrected chi connectivity index (χ1v) is 11.3. The molecule has 0 aliphatic heterocycles. The van der Waals surface area contributed by atoms with Crippen LogP contribution in [-0.4, -0.2) is 5.04 Å². The van der Waals surface area contributed by atoms with Crippen molar-refractivity contribution in [2.75, 3.05) is 0 Å². The van der Waals surface area contributed by atoms with Gasteiger partial charge in [0, 0.05) is 20.7 Å². The third-order valence-electron chi connectivity index (χ3n) is 3.82. The summed E-state index contributed by atoms with van der Waals surface area (Å²) >= 11 is 15.6. The zero-order valence-corrected chi connectivity index (χ0v) is 18.5. The molecule has 3 aromatic rings. The minimum absolute atomic E-state index is 0.645. The standard InChI is InChI=1S/C23H19Cl2NS2/c1-17-7-11-20(12-8-17)26-23(13-14-27-21-5-3-2-4-6-21)28-16-18-9-10-19(24)15-22(18)25/h2-15H,16H2,1H3. The van der Waals surface area contributed by atoms with Crippen LogP contribution in [0.3, 0.4) is 0 Å². The van der Waals surface area contributed by atoms with Gasteiger partial charge >= 0.3 is 0 Å². The summed E-state index contributed by atoms with van der Waals surface area (Å²) < 4.78 is 0. The molecule has 0 spiro atoms. The lowest BCUT2D eigenvalue weighted by Crippen LogP contribution is -1.90. The number of aryl methyl sites for hydroxylation is 1. The number of benzene rings is 3. The van der Waals surface area contributed by atoms with Gasteiger partial charge in [0.25, 0.3) is 0 Å². The SMILES string of the molecule is Cc1ccc(N=C(C=CSc2ccccc2)SCc2ccc(Cl)cc2Cl)cc1. The topological polar surface area (TPSA) is 12.4 Å². The maximum Gasteiger partial charge on any atom is 0.0975 e. The van der Waals surface area contributed by atoms with Crippen molar-refractivity contribution < 1.29 is 0 Å². The normalized spacial score (nSPS) is 11.9. The Labute approximate surface area is 184 Å². The predicted molar refractivity (Wildman–Crippen MR) is 127 cm³/mol. The largest absolute Gasteiger partial charge is 0.242 e. The molecule has 0 aromatic heterocycles. The Morgan fingerprint density at radius 1 is 0.964 bits per heavy atom. The molecule has 0 aliphatic carbocycles. The van der Waals surface area contributed by atoms with Gasteiger partial charge in [-0.2, -0.15) is 0 Å². The van der Waals surface area contributed by atoms with Crippen molar-refractivity contribution >= 4 is 57.5 Å². The van der Waals surface area contributed by atoms with Crippen LogP contribution in [0.1, 0.15) is 11.1 Å². The van der Waals surface area contributed by atoms with Gasteiger partial charge in [0.05, 0.1) is 10.7 Å². The average molecular weight is 444 g/mol. The maximum absolute atomic E-state index is 6.32. The molecule has 142 valence electrons. The van der Waals surface area contributed by atoms with Gasteiger partial charge in [-0.25, -0.2) is 4.99 Å². The van der Waals surface area contributed by atoms with Gasteiger partial charge in [0.2, 0.25) is 0 Å². The summed E-state index contributed by atoms with van der Waals surface area (Å²) in [6, 6.07) is 24.1. The highest BCUT2D eigenvalue weighted by Gasteiger charge is 2.05. The fourth-order valence-corrected chi connectivity index (χ4v) is 4.52. The van der Waals surface area contributed by atoms with E-state index in [1.165, 1.54) is 10.5 Å². The van der Waals surface area contributed by atoms with Crippen molar-refractivity contribution in [3.05, 3.63) is 105 Å². The van der Waals surface area contributed by atoms with Crippen molar-refractivity contribution in [3.63, 3.8) is 0 Å². The molecule has 0 saturated carbocycles. The van der Waals surface area contributed by atoms with E-state index in [0.29, 0.717) is 10.0 Å². The van der Waals surface area contributed by atoms with Gasteiger partial charge in [-0.3, -0.25) is 0 Å². The van der Waals surface area contributed by atoms with Crippen LogP contribution in [0, 0.1) is 6.92 Å². The van der Waals surface area contributed by atoms with Crippen molar-refractivity contribution in [3.8, 4) is 0 Å². The molecule has 0 N–H and O–H groups in total. The lowest BCUT2D eigenvalue weighted by molar-refractivity contribution is 1.42. The van der Waals surface area contributed by atoms with E-state index in [2.05, 4.69) is 36.6 Å². The molecule has 3 rings (SSSR count). The third kappa shape index (κ3) is 6.75. The van der Waals surface area contributed by atoms with Crippen molar-refractivity contribution in [2.45, 2.75) is 17.6 Å². The summed E-state index contributed by atoms with van der Waals surface area (Å²) in [5.74, 6) is 0.723. The summed E-state index contributed by atoms with van der Waals surface area (Å²) in [6.45, 7) is 2.07. The Bertz CT molecular complexity index is 968. The molecule has 0 bridgehead atoms. The second-order valence-electron chi connectivity index (χ2n) is 6.04. The van der Waals surface area contributed by atoms with Crippen molar-refractivity contribution in [1.82, 2.24) is 0 Å². The van der Waals surface area contributed by atoms with Gasteiger partial charge < -0.3 is 0 Å². The van der Waals surface area contributed by atoms with E-state index in [0.717, 1.165) is 22.0 Å². The van der Waals surface area contributed by atoms with Crippen molar-refractivity contribution in [1.29, 1.82) is 0 Å². The molecule has 3 aromatic carbocycles. The first kappa shape index (κ1) is 21.1. The highest BCUT2D eigenvalue weighted by Crippen LogP contribution is 2.27. The van der Waals surface area contributed by atoms with Gasteiger partial charge in [-0.15, -0.1) is 11.8 Å². The number of rotatable bonds is 6. The number of thioether (sulfide) groups is 2. The lowest BCUT2D eigenvalue weighted by atomic mass is 10.2. The van der Waals surface area contributed by atoms with Crippen LogP contribution in [0.15, 0.2) is 94.2 Å². The van der Waals surface area contributed by atoms with Crippen LogP contribution in [0.2, 0.25) is 10.0 Å². The molecule has 0 radical (unpaired) electrons. The fourth-order valence-electron chi connectivity index (χ4n) is 2.32. The number of nitrogens with zero attached hydrogens (tertiary/aromatic N) is 1. The van der Waals surface area contributed by atoms with Crippen LogP contribution < -0.4 is 0 Å². The second kappa shape index (κ2) is 10.8. The van der Waals surface area contributed by atoms with Crippen molar-refractivity contribution in [2.24, 2.45) is 4.99 Å². The Kier molecular flexibility index (Phi) is 8.11. The highest BCUT2D eigenvalue weighted by molar-refractivity contribution is 8.13. The van der Waals surface area contributed by atoms with Gasteiger partial charge in [-0.05, 0) is 60.4 Å². The fraction of sp³-hybridized carbons (Fsp3) is 0.0870. The molecule has 0 fully saturated rings. The van der Waals surface area contributed by atoms with E-state index in [1.807, 2.05) is 48.5 Å². The molecule has 0 unspecified atom stereocenters. The molecule has 28 heavy (non-hydrogen) atoms. The Morgan fingerprint density at radius 3 is 2.43 bits per heavy atom. The van der Waals surface area contributed by atoms with Gasteiger partial charge in [0.1, 0.15) is 0 Å². The second-order valence-corrected chi connectivity index (χ2v) is 8.86. The van der Waals surface area contributed by atoms with Crippen LogP contribution in [-0.2, 0) is 5.75 Å². The summed E-state index contributed by atoms with van der Waals surface area (Å²) in [7, 11) is 0. The van der Waals surface area contributed by atoms with E-state index in [9.17, 15) is 0 Å². The minimum Gasteiger partial charge on any atom is -0.242 e. The maximum atomic E-state index is 6.32. The molecule has 0 aliphatic rings. The molecular formula is C23H19Cl2NS2. The zero-order chi connectivity index (χ0) is 19.8. The Hall–Kier alpha value is -1.65.